The van der Waals surface area contributed by atoms with E-state index in [-0.39, 0.29) is 18.8 Å². The number of rotatable bonds is 7. The molecule has 5 amide bonds. The molecule has 1 aromatic carbocycles. The van der Waals surface area contributed by atoms with Crippen LogP contribution in [0.4, 0.5) is 0 Å². The fourth-order valence-corrected chi connectivity index (χ4v) is 4.36. The maximum atomic E-state index is 13.5. The second kappa shape index (κ2) is 13.6. The van der Waals surface area contributed by atoms with E-state index in [0.717, 1.165) is 10.9 Å². The SMILES string of the molecule is CC(C)C[C@H]1NC(=O)CNC(=O)[C@@H](CO)NC(=O)[C@H](CC(=O)O)NC(=O)[C@H](Cc2c[nH]c3ccccc23)NC1=O. The van der Waals surface area contributed by atoms with Crippen molar-refractivity contribution in [3.63, 3.8) is 0 Å². The van der Waals surface area contributed by atoms with Gasteiger partial charge in [0.1, 0.15) is 24.2 Å². The monoisotopic (exact) mass is 558 g/mol. The molecule has 1 aliphatic rings. The summed E-state index contributed by atoms with van der Waals surface area (Å²) in [4.78, 5) is 79.4. The van der Waals surface area contributed by atoms with Gasteiger partial charge in [0.15, 0.2) is 0 Å². The first-order valence-corrected chi connectivity index (χ1v) is 12.8. The van der Waals surface area contributed by atoms with Gasteiger partial charge in [0, 0.05) is 23.5 Å². The maximum absolute atomic E-state index is 13.5. The molecule has 1 saturated heterocycles. The number of carbonyl (C=O) groups excluding carboxylic acids is 5. The van der Waals surface area contributed by atoms with Crippen LogP contribution in [0.3, 0.4) is 0 Å². The molecule has 4 atom stereocenters. The van der Waals surface area contributed by atoms with E-state index < -0.39 is 79.2 Å². The standard InChI is InChI=1S/C26H34N6O8/c1-13(2)7-17-24(38)30-18(8-14-10-27-16-6-4-3-5-15(14)16)25(39)31-19(9-22(35)36)26(40)32-20(12-33)23(37)28-11-21(34)29-17/h3-6,10,13,17-20,27,33H,7-9,11-12H2,1-2H3,(H,28,37)(H,29,34)(H,30,38)(H,31,39)(H,32,40)(H,35,36)/t17-,18+,19+,20-/m1/s1. The molecule has 0 unspecified atom stereocenters. The lowest BCUT2D eigenvalue weighted by atomic mass is 10.0. The van der Waals surface area contributed by atoms with E-state index in [1.165, 1.54) is 0 Å². The highest BCUT2D eigenvalue weighted by atomic mass is 16.4. The first kappa shape index (κ1) is 30.1. The van der Waals surface area contributed by atoms with Crippen LogP contribution in [0.1, 0.15) is 32.3 Å². The third kappa shape index (κ3) is 8.02. The number of carboxylic acids is 1. The summed E-state index contributed by atoms with van der Waals surface area (Å²) < 4.78 is 0. The quantitative estimate of drug-likeness (QED) is 0.195. The molecule has 0 radical (unpaired) electrons. The van der Waals surface area contributed by atoms with Crippen molar-refractivity contribution in [1.82, 2.24) is 31.6 Å². The molecule has 8 N–H and O–H groups in total. The molecule has 1 fully saturated rings. The molecule has 14 nitrogen and oxygen atoms in total. The van der Waals surface area contributed by atoms with E-state index >= 15 is 0 Å². The summed E-state index contributed by atoms with van der Waals surface area (Å²) in [7, 11) is 0. The molecule has 2 heterocycles. The number of benzene rings is 1. The summed E-state index contributed by atoms with van der Waals surface area (Å²) >= 11 is 0. The summed E-state index contributed by atoms with van der Waals surface area (Å²) in [5.41, 5.74) is 1.47. The van der Waals surface area contributed by atoms with Crippen LogP contribution in [-0.4, -0.2) is 88.0 Å². The predicted octanol–water partition coefficient (Wildman–Crippen LogP) is -1.71. The number of H-pyrrole nitrogens is 1. The van der Waals surface area contributed by atoms with Crippen molar-refractivity contribution in [1.29, 1.82) is 0 Å². The number of carbonyl (C=O) groups is 6. The van der Waals surface area contributed by atoms with E-state index in [1.54, 1.807) is 6.20 Å². The lowest BCUT2D eigenvalue weighted by Gasteiger charge is -2.25. The largest absolute Gasteiger partial charge is 0.481 e. The molecule has 0 aliphatic carbocycles. The van der Waals surface area contributed by atoms with E-state index in [1.807, 2.05) is 38.1 Å². The Labute approximate surface area is 229 Å². The molecule has 0 spiro atoms. The highest BCUT2D eigenvalue weighted by Crippen LogP contribution is 2.19. The summed E-state index contributed by atoms with van der Waals surface area (Å²) in [6.45, 7) is 2.27. The van der Waals surface area contributed by atoms with Crippen molar-refractivity contribution in [3.05, 3.63) is 36.0 Å². The zero-order chi connectivity index (χ0) is 29.4. The van der Waals surface area contributed by atoms with Gasteiger partial charge in [0.25, 0.3) is 0 Å². The van der Waals surface area contributed by atoms with Gasteiger partial charge in [-0.2, -0.15) is 0 Å². The molecule has 2 aromatic rings. The number of hydrogen-bond acceptors (Lipinski definition) is 7. The smallest absolute Gasteiger partial charge is 0.305 e. The van der Waals surface area contributed by atoms with E-state index in [4.69, 9.17) is 0 Å². The van der Waals surface area contributed by atoms with Gasteiger partial charge in [-0.3, -0.25) is 28.8 Å². The molecule has 216 valence electrons. The molecule has 0 bridgehead atoms. The highest BCUT2D eigenvalue weighted by molar-refractivity contribution is 5.98. The van der Waals surface area contributed by atoms with Crippen molar-refractivity contribution in [2.75, 3.05) is 13.2 Å². The average molecular weight is 559 g/mol. The minimum Gasteiger partial charge on any atom is -0.481 e. The second-order valence-electron chi connectivity index (χ2n) is 10.00. The van der Waals surface area contributed by atoms with Crippen LogP contribution in [0.2, 0.25) is 0 Å². The van der Waals surface area contributed by atoms with Gasteiger partial charge in [-0.15, -0.1) is 0 Å². The van der Waals surface area contributed by atoms with Crippen LogP contribution < -0.4 is 26.6 Å². The van der Waals surface area contributed by atoms with Crippen LogP contribution in [0.15, 0.2) is 30.5 Å². The number of amides is 5. The van der Waals surface area contributed by atoms with E-state index in [9.17, 15) is 39.0 Å². The van der Waals surface area contributed by atoms with Gasteiger partial charge < -0.3 is 41.8 Å². The number of fused-ring (bicyclic) bond motifs is 1. The van der Waals surface area contributed by atoms with Gasteiger partial charge in [-0.1, -0.05) is 32.0 Å². The minimum absolute atomic E-state index is 0.0232. The number of aromatic amines is 1. The summed E-state index contributed by atoms with van der Waals surface area (Å²) in [5.74, 6) is -5.62. The van der Waals surface area contributed by atoms with Crippen molar-refractivity contribution in [2.45, 2.75) is 57.3 Å². The molecular weight excluding hydrogens is 524 g/mol. The highest BCUT2D eigenvalue weighted by Gasteiger charge is 2.33. The summed E-state index contributed by atoms with van der Waals surface area (Å²) in [6, 6.07) is 1.82. The van der Waals surface area contributed by atoms with Crippen LogP contribution >= 0.6 is 0 Å². The third-order valence-electron chi connectivity index (χ3n) is 6.34. The second-order valence-corrected chi connectivity index (χ2v) is 10.00. The predicted molar refractivity (Wildman–Crippen MR) is 142 cm³/mol. The first-order chi connectivity index (χ1) is 19.0. The summed E-state index contributed by atoms with van der Waals surface area (Å²) in [5, 5.41) is 31.8. The number of aliphatic carboxylic acids is 1. The zero-order valence-corrected chi connectivity index (χ0v) is 22.2. The van der Waals surface area contributed by atoms with Crippen LogP contribution in [0.25, 0.3) is 10.9 Å². The fourth-order valence-electron chi connectivity index (χ4n) is 4.36. The van der Waals surface area contributed by atoms with Gasteiger partial charge in [0.2, 0.25) is 29.5 Å². The minimum atomic E-state index is -1.63. The molecule has 14 heteroatoms. The van der Waals surface area contributed by atoms with E-state index in [2.05, 4.69) is 31.6 Å². The molecule has 40 heavy (non-hydrogen) atoms. The Balaban J connectivity index is 2.00. The van der Waals surface area contributed by atoms with Crippen LogP contribution in [0.5, 0.6) is 0 Å². The average Bonchev–Trinajstić information content (AvgIpc) is 3.30. The van der Waals surface area contributed by atoms with E-state index in [0.29, 0.717) is 5.56 Å². The first-order valence-electron chi connectivity index (χ1n) is 12.8. The van der Waals surface area contributed by atoms with Gasteiger partial charge in [-0.05, 0) is 24.0 Å². The summed E-state index contributed by atoms with van der Waals surface area (Å²) in [6.07, 6.45) is 1.04. The Kier molecular flexibility index (Phi) is 10.2. The number of hydrogen-bond donors (Lipinski definition) is 8. The number of para-hydroxylation sites is 1. The molecular formula is C26H34N6O8. The number of aliphatic hydroxyl groups is 1. The fraction of sp³-hybridized carbons (Fsp3) is 0.462. The van der Waals surface area contributed by atoms with Crippen molar-refractivity contribution in [2.24, 2.45) is 5.92 Å². The molecule has 1 aliphatic heterocycles. The number of aliphatic hydroxyl groups excluding tert-OH is 1. The molecule has 3 rings (SSSR count). The third-order valence-corrected chi connectivity index (χ3v) is 6.34. The maximum Gasteiger partial charge on any atom is 0.305 e. The molecule has 1 aromatic heterocycles. The van der Waals surface area contributed by atoms with Crippen molar-refractivity contribution in [3.8, 4) is 0 Å². The normalized spacial score (nSPS) is 23.4. The Morgan fingerprint density at radius 3 is 2.17 bits per heavy atom. The number of aromatic nitrogens is 1. The van der Waals surface area contributed by atoms with Gasteiger partial charge in [0.05, 0.1) is 19.6 Å². The lowest BCUT2D eigenvalue weighted by Crippen LogP contribution is -2.58. The number of carboxylic acid groups (broad SMARTS) is 1. The Morgan fingerprint density at radius 2 is 1.50 bits per heavy atom. The van der Waals surface area contributed by atoms with Crippen LogP contribution in [0, 0.1) is 5.92 Å². The topological polar surface area (TPSA) is 219 Å². The zero-order valence-electron chi connectivity index (χ0n) is 22.2. The van der Waals surface area contributed by atoms with Crippen molar-refractivity contribution < 1.29 is 39.0 Å². The van der Waals surface area contributed by atoms with Crippen molar-refractivity contribution >= 4 is 46.4 Å². The van der Waals surface area contributed by atoms with Gasteiger partial charge >= 0.3 is 5.97 Å². The Bertz CT molecular complexity index is 1270. The lowest BCUT2D eigenvalue weighted by molar-refractivity contribution is -0.141. The van der Waals surface area contributed by atoms with Gasteiger partial charge in [-0.25, -0.2) is 0 Å². The Morgan fingerprint density at radius 1 is 0.875 bits per heavy atom. The molecule has 0 saturated carbocycles. The number of nitrogens with one attached hydrogen (secondary N) is 6. The van der Waals surface area contributed by atoms with Crippen LogP contribution in [-0.2, 0) is 35.2 Å². The Hall–Kier alpha value is -4.46.